The molecule has 0 aliphatic heterocycles. The molecule has 0 spiro atoms. The van der Waals surface area contributed by atoms with Crippen molar-refractivity contribution >= 4 is 17.6 Å². The molecule has 2 heterocycles. The average Bonchev–Trinajstić information content (AvgIpc) is 3.18. The highest BCUT2D eigenvalue weighted by molar-refractivity contribution is 5.92. The first-order valence-corrected chi connectivity index (χ1v) is 10.5. The van der Waals surface area contributed by atoms with Crippen LogP contribution in [0.4, 0.5) is 5.82 Å². The van der Waals surface area contributed by atoms with E-state index in [0.717, 1.165) is 17.1 Å². The quantitative estimate of drug-likeness (QED) is 0.583. The maximum absolute atomic E-state index is 12.5. The zero-order valence-electron chi connectivity index (χ0n) is 18.3. The number of aromatic nitrogens is 3. The third-order valence-electron chi connectivity index (χ3n) is 4.75. The highest BCUT2D eigenvalue weighted by Crippen LogP contribution is 2.26. The van der Waals surface area contributed by atoms with Crippen LogP contribution in [0.25, 0.3) is 5.69 Å². The van der Waals surface area contributed by atoms with Crippen LogP contribution in [0.5, 0.6) is 0 Å². The molecule has 0 atom stereocenters. The van der Waals surface area contributed by atoms with Crippen LogP contribution in [0, 0.1) is 0 Å². The number of nitrogens with one attached hydrogen (secondary N) is 2. The largest absolute Gasteiger partial charge is 0.356 e. The highest BCUT2D eigenvalue weighted by Gasteiger charge is 2.21. The van der Waals surface area contributed by atoms with Gasteiger partial charge in [0, 0.05) is 49.2 Å². The van der Waals surface area contributed by atoms with Gasteiger partial charge in [0.25, 0.3) is 0 Å². The SMILES string of the molecule is CC(C)(C)c1cc(NC(=O)CCC(=O)NCCc2ccccn2)n(-c2ccccc2)n1. The van der Waals surface area contributed by atoms with E-state index < -0.39 is 0 Å². The molecular weight excluding hydrogens is 390 g/mol. The Morgan fingerprint density at radius 2 is 1.68 bits per heavy atom. The van der Waals surface area contributed by atoms with Gasteiger partial charge in [-0.25, -0.2) is 4.68 Å². The predicted octanol–water partition coefficient (Wildman–Crippen LogP) is 3.64. The summed E-state index contributed by atoms with van der Waals surface area (Å²) in [5.41, 5.74) is 2.50. The van der Waals surface area contributed by atoms with Crippen LogP contribution >= 0.6 is 0 Å². The van der Waals surface area contributed by atoms with E-state index in [2.05, 4.69) is 41.5 Å². The van der Waals surface area contributed by atoms with Crippen LogP contribution in [0.2, 0.25) is 0 Å². The smallest absolute Gasteiger partial charge is 0.226 e. The van der Waals surface area contributed by atoms with E-state index >= 15 is 0 Å². The summed E-state index contributed by atoms with van der Waals surface area (Å²) in [4.78, 5) is 28.8. The molecule has 0 saturated heterocycles. The first kappa shape index (κ1) is 22.2. The minimum atomic E-state index is -0.225. The first-order valence-electron chi connectivity index (χ1n) is 10.5. The summed E-state index contributed by atoms with van der Waals surface area (Å²) in [5, 5.41) is 10.4. The fourth-order valence-electron chi connectivity index (χ4n) is 3.00. The van der Waals surface area contributed by atoms with Crippen molar-refractivity contribution in [3.05, 3.63) is 72.2 Å². The van der Waals surface area contributed by atoms with Crippen LogP contribution in [0.3, 0.4) is 0 Å². The number of nitrogens with zero attached hydrogens (tertiary/aromatic N) is 3. The van der Waals surface area contributed by atoms with Crippen LogP contribution in [-0.2, 0) is 21.4 Å². The van der Waals surface area contributed by atoms with Crippen LogP contribution < -0.4 is 10.6 Å². The first-order chi connectivity index (χ1) is 14.8. The molecule has 7 heteroatoms. The fourth-order valence-corrected chi connectivity index (χ4v) is 3.00. The molecule has 3 rings (SSSR count). The number of amides is 2. The van der Waals surface area contributed by atoms with E-state index in [1.54, 1.807) is 10.9 Å². The second-order valence-corrected chi connectivity index (χ2v) is 8.38. The number of para-hydroxylation sites is 1. The second kappa shape index (κ2) is 10.0. The number of carbonyl (C=O) groups excluding carboxylic acids is 2. The van der Waals surface area contributed by atoms with E-state index in [1.165, 1.54) is 0 Å². The molecule has 162 valence electrons. The lowest BCUT2D eigenvalue weighted by atomic mass is 9.92. The van der Waals surface area contributed by atoms with Gasteiger partial charge in [-0.3, -0.25) is 14.6 Å². The fraction of sp³-hybridized carbons (Fsp3) is 0.333. The van der Waals surface area contributed by atoms with E-state index in [-0.39, 0.29) is 30.1 Å². The highest BCUT2D eigenvalue weighted by atomic mass is 16.2. The lowest BCUT2D eigenvalue weighted by molar-refractivity contribution is -0.124. The molecule has 0 aliphatic rings. The van der Waals surface area contributed by atoms with E-state index in [0.29, 0.717) is 18.8 Å². The average molecular weight is 420 g/mol. The van der Waals surface area contributed by atoms with Crippen molar-refractivity contribution in [3.63, 3.8) is 0 Å². The monoisotopic (exact) mass is 419 g/mol. The molecule has 2 N–H and O–H groups in total. The Morgan fingerprint density at radius 3 is 2.35 bits per heavy atom. The van der Waals surface area contributed by atoms with Gasteiger partial charge in [-0.1, -0.05) is 45.0 Å². The van der Waals surface area contributed by atoms with Gasteiger partial charge in [0.15, 0.2) is 0 Å². The van der Waals surface area contributed by atoms with Gasteiger partial charge < -0.3 is 10.6 Å². The van der Waals surface area contributed by atoms with Crippen molar-refractivity contribution in [1.82, 2.24) is 20.1 Å². The maximum atomic E-state index is 12.5. The standard InChI is InChI=1S/C24H29N5O2/c1-24(2,3)20-17-21(29(28-20)19-10-5-4-6-11-19)27-23(31)13-12-22(30)26-16-14-18-9-7-8-15-25-18/h4-11,15,17H,12-14,16H2,1-3H3,(H,26,30)(H,27,31). The number of rotatable bonds is 8. The van der Waals surface area contributed by atoms with Gasteiger partial charge in [0.1, 0.15) is 5.82 Å². The molecule has 0 aliphatic carbocycles. The van der Waals surface area contributed by atoms with Crippen molar-refractivity contribution in [2.75, 3.05) is 11.9 Å². The van der Waals surface area contributed by atoms with E-state index in [1.807, 2.05) is 54.6 Å². The normalized spacial score (nSPS) is 11.2. The number of anilines is 1. The third kappa shape index (κ3) is 6.50. The molecule has 31 heavy (non-hydrogen) atoms. The molecule has 7 nitrogen and oxygen atoms in total. The van der Waals surface area contributed by atoms with Crippen molar-refractivity contribution in [1.29, 1.82) is 0 Å². The molecular formula is C24H29N5O2. The Hall–Kier alpha value is -3.48. The number of carbonyl (C=O) groups is 2. The topological polar surface area (TPSA) is 88.9 Å². The van der Waals surface area contributed by atoms with E-state index in [9.17, 15) is 9.59 Å². The summed E-state index contributed by atoms with van der Waals surface area (Å²) in [6.07, 6.45) is 2.61. The number of hydrogen-bond acceptors (Lipinski definition) is 4. The van der Waals surface area contributed by atoms with Gasteiger partial charge in [-0.05, 0) is 24.3 Å². The Kier molecular flexibility index (Phi) is 7.18. The second-order valence-electron chi connectivity index (χ2n) is 8.38. The van der Waals surface area contributed by atoms with E-state index in [4.69, 9.17) is 0 Å². The summed E-state index contributed by atoms with van der Waals surface area (Å²) in [5.74, 6) is 0.215. The predicted molar refractivity (Wildman–Crippen MR) is 121 cm³/mol. The molecule has 0 fully saturated rings. The summed E-state index contributed by atoms with van der Waals surface area (Å²) in [7, 11) is 0. The molecule has 0 saturated carbocycles. The zero-order chi connectivity index (χ0) is 22.3. The van der Waals surface area contributed by atoms with Crippen LogP contribution in [0.15, 0.2) is 60.8 Å². The van der Waals surface area contributed by atoms with Crippen molar-refractivity contribution in [2.45, 2.75) is 45.4 Å². The lowest BCUT2D eigenvalue weighted by Gasteiger charge is -2.14. The van der Waals surface area contributed by atoms with Gasteiger partial charge in [0.2, 0.25) is 11.8 Å². The van der Waals surface area contributed by atoms with Gasteiger partial charge in [-0.2, -0.15) is 5.10 Å². The zero-order valence-corrected chi connectivity index (χ0v) is 18.3. The maximum Gasteiger partial charge on any atom is 0.226 e. The summed E-state index contributed by atoms with van der Waals surface area (Å²) in [6.45, 7) is 6.72. The van der Waals surface area contributed by atoms with Crippen molar-refractivity contribution in [2.24, 2.45) is 0 Å². The number of benzene rings is 1. The van der Waals surface area contributed by atoms with Gasteiger partial charge in [0.05, 0.1) is 11.4 Å². The number of pyridine rings is 1. The molecule has 1 aromatic carbocycles. The van der Waals surface area contributed by atoms with Crippen molar-refractivity contribution in [3.8, 4) is 5.69 Å². The molecule has 2 amide bonds. The molecule has 0 bridgehead atoms. The van der Waals surface area contributed by atoms with Crippen LogP contribution in [-0.4, -0.2) is 33.1 Å². The summed E-state index contributed by atoms with van der Waals surface area (Å²) in [6, 6.07) is 17.2. The van der Waals surface area contributed by atoms with Gasteiger partial charge >= 0.3 is 0 Å². The minimum Gasteiger partial charge on any atom is -0.356 e. The lowest BCUT2D eigenvalue weighted by Crippen LogP contribution is -2.27. The summed E-state index contributed by atoms with van der Waals surface area (Å²) >= 11 is 0. The van der Waals surface area contributed by atoms with Gasteiger partial charge in [-0.15, -0.1) is 0 Å². The molecule has 0 unspecified atom stereocenters. The Labute approximate surface area is 182 Å². The molecule has 0 radical (unpaired) electrons. The third-order valence-corrected chi connectivity index (χ3v) is 4.75. The molecule has 3 aromatic rings. The number of hydrogen-bond donors (Lipinski definition) is 2. The summed E-state index contributed by atoms with van der Waals surface area (Å²) < 4.78 is 1.73. The molecule has 2 aromatic heterocycles. The minimum absolute atomic E-state index is 0.0975. The Morgan fingerprint density at radius 1 is 0.968 bits per heavy atom. The Balaban J connectivity index is 1.56. The Bertz CT molecular complexity index is 1010. The van der Waals surface area contributed by atoms with Crippen LogP contribution in [0.1, 0.15) is 45.0 Å². The van der Waals surface area contributed by atoms with Crippen molar-refractivity contribution < 1.29 is 9.59 Å².